The SMILES string of the molecule is O=C(Cc1cc(-c2ccccc2F)on1)Nc1ccc(F)c(Cl)c1. The van der Waals surface area contributed by atoms with Crippen LogP contribution in [0.5, 0.6) is 0 Å². The molecule has 1 aromatic heterocycles. The summed E-state index contributed by atoms with van der Waals surface area (Å²) in [6.07, 6.45) is -0.0764. The summed E-state index contributed by atoms with van der Waals surface area (Å²) < 4.78 is 31.9. The zero-order valence-electron chi connectivity index (χ0n) is 12.2. The first kappa shape index (κ1) is 16.1. The highest BCUT2D eigenvalue weighted by Crippen LogP contribution is 2.24. The first-order valence-electron chi connectivity index (χ1n) is 6.98. The monoisotopic (exact) mass is 348 g/mol. The molecule has 0 aliphatic rings. The van der Waals surface area contributed by atoms with Crippen LogP contribution in [0.4, 0.5) is 14.5 Å². The van der Waals surface area contributed by atoms with Crippen molar-refractivity contribution in [2.24, 2.45) is 0 Å². The third kappa shape index (κ3) is 3.60. The fraction of sp³-hybridized carbons (Fsp3) is 0.0588. The van der Waals surface area contributed by atoms with Gasteiger partial charge in [-0.1, -0.05) is 28.9 Å². The molecule has 0 saturated heterocycles. The van der Waals surface area contributed by atoms with Gasteiger partial charge in [0.15, 0.2) is 5.76 Å². The minimum Gasteiger partial charge on any atom is -0.356 e. The highest BCUT2D eigenvalue weighted by atomic mass is 35.5. The van der Waals surface area contributed by atoms with Gasteiger partial charge in [0.2, 0.25) is 5.91 Å². The summed E-state index contributed by atoms with van der Waals surface area (Å²) in [4.78, 5) is 12.0. The number of rotatable bonds is 4. The van der Waals surface area contributed by atoms with E-state index in [1.54, 1.807) is 18.2 Å². The van der Waals surface area contributed by atoms with Crippen LogP contribution in [-0.2, 0) is 11.2 Å². The molecular formula is C17H11ClF2N2O2. The van der Waals surface area contributed by atoms with Crippen LogP contribution >= 0.6 is 11.6 Å². The predicted octanol–water partition coefficient (Wildman–Crippen LogP) is 4.45. The van der Waals surface area contributed by atoms with Gasteiger partial charge in [0.25, 0.3) is 0 Å². The molecule has 3 rings (SSSR count). The first-order chi connectivity index (χ1) is 11.5. The Balaban J connectivity index is 1.69. The number of aromatic nitrogens is 1. The molecule has 0 unspecified atom stereocenters. The van der Waals surface area contributed by atoms with E-state index >= 15 is 0 Å². The molecule has 4 nitrogen and oxygen atoms in total. The maximum atomic E-state index is 13.7. The van der Waals surface area contributed by atoms with Crippen molar-refractivity contribution in [3.8, 4) is 11.3 Å². The number of hydrogen-bond donors (Lipinski definition) is 1. The maximum absolute atomic E-state index is 13.7. The third-order valence-electron chi connectivity index (χ3n) is 3.24. The molecule has 0 spiro atoms. The summed E-state index contributed by atoms with van der Waals surface area (Å²) in [6.45, 7) is 0. The van der Waals surface area contributed by atoms with Gasteiger partial charge in [0.1, 0.15) is 11.6 Å². The van der Waals surface area contributed by atoms with Crippen LogP contribution in [0, 0.1) is 11.6 Å². The number of anilines is 1. The van der Waals surface area contributed by atoms with Crippen LogP contribution in [0.15, 0.2) is 53.1 Å². The van der Waals surface area contributed by atoms with E-state index < -0.39 is 11.6 Å². The lowest BCUT2D eigenvalue weighted by molar-refractivity contribution is -0.115. The average molecular weight is 349 g/mol. The smallest absolute Gasteiger partial charge is 0.230 e. The van der Waals surface area contributed by atoms with Crippen molar-refractivity contribution in [3.63, 3.8) is 0 Å². The molecule has 0 fully saturated rings. The van der Waals surface area contributed by atoms with Crippen LogP contribution in [-0.4, -0.2) is 11.1 Å². The van der Waals surface area contributed by atoms with E-state index in [1.807, 2.05) is 0 Å². The maximum Gasteiger partial charge on any atom is 0.230 e. The van der Waals surface area contributed by atoms with Gasteiger partial charge in [-0.15, -0.1) is 0 Å². The van der Waals surface area contributed by atoms with Crippen LogP contribution in [0.3, 0.4) is 0 Å². The van der Waals surface area contributed by atoms with Gasteiger partial charge in [0.05, 0.1) is 22.7 Å². The molecule has 122 valence electrons. The van der Waals surface area contributed by atoms with Gasteiger partial charge in [-0.05, 0) is 30.3 Å². The van der Waals surface area contributed by atoms with Gasteiger partial charge >= 0.3 is 0 Å². The van der Waals surface area contributed by atoms with Crippen LogP contribution < -0.4 is 5.32 Å². The second kappa shape index (κ2) is 6.80. The molecular weight excluding hydrogens is 338 g/mol. The topological polar surface area (TPSA) is 55.1 Å². The molecule has 7 heteroatoms. The van der Waals surface area contributed by atoms with Crippen molar-refractivity contribution < 1.29 is 18.1 Å². The number of benzene rings is 2. The van der Waals surface area contributed by atoms with Crippen molar-refractivity contribution in [2.75, 3.05) is 5.32 Å². The fourth-order valence-corrected chi connectivity index (χ4v) is 2.31. The van der Waals surface area contributed by atoms with Gasteiger partial charge in [-0.3, -0.25) is 4.79 Å². The standard InChI is InChI=1S/C17H11ClF2N2O2/c18-13-7-10(5-6-15(13)20)21-17(23)9-11-8-16(24-22-11)12-3-1-2-4-14(12)19/h1-8H,9H2,(H,21,23). The Morgan fingerprint density at radius 1 is 1.12 bits per heavy atom. The van der Waals surface area contributed by atoms with Gasteiger partial charge in [-0.2, -0.15) is 0 Å². The lowest BCUT2D eigenvalue weighted by Gasteiger charge is -2.04. The molecule has 0 saturated carbocycles. The summed E-state index contributed by atoms with van der Waals surface area (Å²) >= 11 is 5.65. The number of carbonyl (C=O) groups excluding carboxylic acids is 1. The molecule has 0 bridgehead atoms. The van der Waals surface area contributed by atoms with Crippen molar-refractivity contribution in [2.45, 2.75) is 6.42 Å². The second-order valence-electron chi connectivity index (χ2n) is 5.02. The van der Waals surface area contributed by atoms with E-state index in [9.17, 15) is 13.6 Å². The van der Waals surface area contributed by atoms with Crippen molar-refractivity contribution in [1.29, 1.82) is 0 Å². The van der Waals surface area contributed by atoms with Crippen molar-refractivity contribution in [3.05, 3.63) is 70.9 Å². The zero-order valence-corrected chi connectivity index (χ0v) is 13.0. The Hall–Kier alpha value is -2.73. The first-order valence-corrected chi connectivity index (χ1v) is 7.36. The largest absolute Gasteiger partial charge is 0.356 e. The Kier molecular flexibility index (Phi) is 4.57. The summed E-state index contributed by atoms with van der Waals surface area (Å²) in [7, 11) is 0. The molecule has 1 amide bonds. The Morgan fingerprint density at radius 2 is 1.92 bits per heavy atom. The zero-order chi connectivity index (χ0) is 17.1. The van der Waals surface area contributed by atoms with Gasteiger partial charge in [0, 0.05) is 11.8 Å². The molecule has 24 heavy (non-hydrogen) atoms. The number of nitrogens with zero attached hydrogens (tertiary/aromatic N) is 1. The molecule has 3 aromatic rings. The highest BCUT2D eigenvalue weighted by Gasteiger charge is 2.13. The number of halogens is 3. The van der Waals surface area contributed by atoms with E-state index in [2.05, 4.69) is 10.5 Å². The molecule has 0 aliphatic heterocycles. The number of hydrogen-bond acceptors (Lipinski definition) is 3. The summed E-state index contributed by atoms with van der Waals surface area (Å²) in [6, 6.07) is 11.5. The van der Waals surface area contributed by atoms with Gasteiger partial charge < -0.3 is 9.84 Å². The Morgan fingerprint density at radius 3 is 2.67 bits per heavy atom. The summed E-state index contributed by atoms with van der Waals surface area (Å²) in [5.41, 5.74) is 0.977. The van der Waals surface area contributed by atoms with Crippen molar-refractivity contribution in [1.82, 2.24) is 5.16 Å². The number of carbonyl (C=O) groups is 1. The summed E-state index contributed by atoms with van der Waals surface area (Å²) in [5, 5.41) is 6.24. The molecule has 1 heterocycles. The van der Waals surface area contributed by atoms with E-state index in [0.29, 0.717) is 11.4 Å². The fourth-order valence-electron chi connectivity index (χ4n) is 2.13. The summed E-state index contributed by atoms with van der Waals surface area (Å²) in [5.74, 6) is -1.15. The predicted molar refractivity (Wildman–Crippen MR) is 85.6 cm³/mol. The normalized spacial score (nSPS) is 10.6. The lowest BCUT2D eigenvalue weighted by atomic mass is 10.1. The third-order valence-corrected chi connectivity index (χ3v) is 3.53. The minimum atomic E-state index is -0.569. The van der Waals surface area contributed by atoms with E-state index in [4.69, 9.17) is 16.1 Å². The van der Waals surface area contributed by atoms with E-state index in [-0.39, 0.29) is 28.7 Å². The van der Waals surface area contributed by atoms with E-state index in [0.717, 1.165) is 6.07 Å². The Bertz CT molecular complexity index is 896. The van der Waals surface area contributed by atoms with Crippen LogP contribution in [0.2, 0.25) is 5.02 Å². The quantitative estimate of drug-likeness (QED) is 0.757. The molecule has 1 N–H and O–H groups in total. The highest BCUT2D eigenvalue weighted by molar-refractivity contribution is 6.31. The lowest BCUT2D eigenvalue weighted by Crippen LogP contribution is -2.14. The Labute approximate surface area is 141 Å². The van der Waals surface area contributed by atoms with Gasteiger partial charge in [-0.25, -0.2) is 8.78 Å². The average Bonchev–Trinajstić information content (AvgIpc) is 2.99. The number of nitrogens with one attached hydrogen (secondary N) is 1. The van der Waals surface area contributed by atoms with Crippen molar-refractivity contribution >= 4 is 23.2 Å². The minimum absolute atomic E-state index is 0.0764. The van der Waals surface area contributed by atoms with Crippen LogP contribution in [0.1, 0.15) is 5.69 Å². The molecule has 0 atom stereocenters. The molecule has 0 radical (unpaired) electrons. The van der Waals surface area contributed by atoms with E-state index in [1.165, 1.54) is 24.3 Å². The van der Waals surface area contributed by atoms with Crippen LogP contribution in [0.25, 0.3) is 11.3 Å². The molecule has 0 aliphatic carbocycles. The number of amides is 1. The molecule has 2 aromatic carbocycles. The second-order valence-corrected chi connectivity index (χ2v) is 5.42.